The number of carbonyl (C=O) groups is 3. The van der Waals surface area contributed by atoms with E-state index >= 15 is 0 Å². The van der Waals surface area contributed by atoms with Gasteiger partial charge in [-0.25, -0.2) is 0 Å². The number of rotatable bonds is 6. The molecule has 2 rings (SSSR count). The van der Waals surface area contributed by atoms with E-state index in [1.165, 1.54) is 18.3 Å². The van der Waals surface area contributed by atoms with Crippen LogP contribution in [0.5, 0.6) is 0 Å². The third kappa shape index (κ3) is 5.51. The predicted octanol–water partition coefficient (Wildman–Crippen LogP) is 0.441. The van der Waals surface area contributed by atoms with Crippen LogP contribution in [0.2, 0.25) is 0 Å². The molecule has 2 amide bonds. The van der Waals surface area contributed by atoms with Crippen molar-refractivity contribution in [3.05, 3.63) is 22.7 Å². The van der Waals surface area contributed by atoms with E-state index < -0.39 is 24.4 Å². The van der Waals surface area contributed by atoms with E-state index in [4.69, 9.17) is 9.26 Å². The summed E-state index contributed by atoms with van der Waals surface area (Å²) >= 11 is 1.52. The van der Waals surface area contributed by atoms with Gasteiger partial charge in [-0.3, -0.25) is 25.2 Å². The van der Waals surface area contributed by atoms with Crippen LogP contribution in [0.15, 0.2) is 21.3 Å². The van der Waals surface area contributed by atoms with Crippen LogP contribution in [-0.2, 0) is 25.5 Å². The van der Waals surface area contributed by atoms with Crippen LogP contribution in [0.4, 0.5) is 0 Å². The second-order valence-corrected chi connectivity index (χ2v) is 5.19. The molecule has 2 aromatic heterocycles. The van der Waals surface area contributed by atoms with E-state index in [1.54, 1.807) is 0 Å². The molecule has 0 saturated heterocycles. The van der Waals surface area contributed by atoms with Gasteiger partial charge >= 0.3 is 5.97 Å². The number of esters is 1. The van der Waals surface area contributed by atoms with Gasteiger partial charge in [-0.15, -0.1) is 0 Å². The predicted molar refractivity (Wildman–Crippen MR) is 78.9 cm³/mol. The van der Waals surface area contributed by atoms with Crippen molar-refractivity contribution >= 4 is 29.1 Å². The van der Waals surface area contributed by atoms with Gasteiger partial charge in [0.2, 0.25) is 17.6 Å². The Morgan fingerprint density at radius 2 is 2.17 bits per heavy atom. The van der Waals surface area contributed by atoms with Crippen LogP contribution >= 0.6 is 11.3 Å². The van der Waals surface area contributed by atoms with E-state index in [1.807, 2.05) is 16.8 Å². The number of nitrogens with one attached hydrogen (secondary N) is 2. The molecule has 0 aliphatic carbocycles. The van der Waals surface area contributed by atoms with E-state index in [-0.39, 0.29) is 12.8 Å². The summed E-state index contributed by atoms with van der Waals surface area (Å²) in [5.74, 6) is -0.873. The van der Waals surface area contributed by atoms with Crippen LogP contribution in [0, 0.1) is 0 Å². The van der Waals surface area contributed by atoms with Crippen LogP contribution in [-0.4, -0.2) is 34.5 Å². The fourth-order valence-electron chi connectivity index (χ4n) is 1.49. The molecule has 9 nitrogen and oxygen atoms in total. The second kappa shape index (κ2) is 8.03. The normalized spacial score (nSPS) is 10.1. The number of aryl methyl sites for hydroxylation is 1. The molecule has 0 atom stereocenters. The Morgan fingerprint density at radius 3 is 2.87 bits per heavy atom. The maximum absolute atomic E-state index is 11.5. The summed E-state index contributed by atoms with van der Waals surface area (Å²) in [7, 11) is 0. The zero-order valence-corrected chi connectivity index (χ0v) is 13.0. The van der Waals surface area contributed by atoms with Crippen molar-refractivity contribution in [2.45, 2.75) is 19.8 Å². The summed E-state index contributed by atoms with van der Waals surface area (Å²) < 4.78 is 9.78. The lowest BCUT2D eigenvalue weighted by Gasteiger charge is -2.05. The molecular weight excluding hydrogens is 324 g/mol. The average Bonchev–Trinajstić information content (AvgIpc) is 3.19. The summed E-state index contributed by atoms with van der Waals surface area (Å²) in [6, 6.07) is 1.86. The number of nitrogens with zero attached hydrogens (tertiary/aromatic N) is 2. The Hall–Kier alpha value is -2.75. The lowest BCUT2D eigenvalue weighted by atomic mass is 10.3. The highest BCUT2D eigenvalue weighted by Crippen LogP contribution is 2.18. The Balaban J connectivity index is 1.70. The third-order valence-electron chi connectivity index (χ3n) is 2.53. The van der Waals surface area contributed by atoms with Gasteiger partial charge in [0.15, 0.2) is 6.61 Å². The Morgan fingerprint density at radius 1 is 1.35 bits per heavy atom. The Kier molecular flexibility index (Phi) is 5.80. The molecule has 0 aliphatic rings. The number of carbonyl (C=O) groups excluding carboxylic acids is 3. The van der Waals surface area contributed by atoms with E-state index in [2.05, 4.69) is 21.0 Å². The van der Waals surface area contributed by atoms with Gasteiger partial charge in [0.05, 0.1) is 6.42 Å². The molecule has 2 N–H and O–H groups in total. The van der Waals surface area contributed by atoms with Crippen molar-refractivity contribution in [3.8, 4) is 11.4 Å². The van der Waals surface area contributed by atoms with Crippen molar-refractivity contribution in [2.75, 3.05) is 6.61 Å². The third-order valence-corrected chi connectivity index (χ3v) is 3.22. The number of ether oxygens (including phenoxy) is 1. The van der Waals surface area contributed by atoms with Crippen LogP contribution in [0.3, 0.4) is 0 Å². The molecule has 122 valence electrons. The van der Waals surface area contributed by atoms with Gasteiger partial charge in [0.25, 0.3) is 5.91 Å². The molecule has 0 saturated carbocycles. The maximum Gasteiger partial charge on any atom is 0.306 e. The molecule has 0 aromatic carbocycles. The first-order valence-electron chi connectivity index (χ1n) is 6.61. The van der Waals surface area contributed by atoms with E-state index in [9.17, 15) is 14.4 Å². The van der Waals surface area contributed by atoms with Crippen molar-refractivity contribution in [1.82, 2.24) is 21.0 Å². The van der Waals surface area contributed by atoms with Crippen molar-refractivity contribution in [2.24, 2.45) is 0 Å². The largest absolute Gasteiger partial charge is 0.455 e. The zero-order valence-electron chi connectivity index (χ0n) is 12.2. The molecule has 23 heavy (non-hydrogen) atoms. The molecule has 0 spiro atoms. The minimum Gasteiger partial charge on any atom is -0.455 e. The minimum absolute atomic E-state index is 0.00130. The number of hydrogen-bond acceptors (Lipinski definition) is 8. The number of hydrazine groups is 1. The molecular formula is C13H14N4O5S. The van der Waals surface area contributed by atoms with Crippen molar-refractivity contribution in [1.29, 1.82) is 0 Å². The molecule has 0 aliphatic heterocycles. The number of hydrogen-bond donors (Lipinski definition) is 2. The molecule has 0 bridgehead atoms. The first kappa shape index (κ1) is 16.6. The van der Waals surface area contributed by atoms with Gasteiger partial charge < -0.3 is 9.26 Å². The van der Waals surface area contributed by atoms with Gasteiger partial charge in [-0.1, -0.05) is 5.16 Å². The van der Waals surface area contributed by atoms with E-state index in [0.29, 0.717) is 11.7 Å². The topological polar surface area (TPSA) is 123 Å². The lowest BCUT2D eigenvalue weighted by molar-refractivity contribution is -0.149. The summed E-state index contributed by atoms with van der Waals surface area (Å²) in [5, 5.41) is 7.60. The van der Waals surface area contributed by atoms with Crippen LogP contribution in [0.25, 0.3) is 11.4 Å². The zero-order chi connectivity index (χ0) is 16.7. The fraction of sp³-hybridized carbons (Fsp3) is 0.308. The molecule has 2 heterocycles. The van der Waals surface area contributed by atoms with Crippen LogP contribution < -0.4 is 10.9 Å². The smallest absolute Gasteiger partial charge is 0.306 e. The van der Waals surface area contributed by atoms with Crippen molar-refractivity contribution in [3.63, 3.8) is 0 Å². The van der Waals surface area contributed by atoms with Gasteiger partial charge in [-0.2, -0.15) is 16.3 Å². The SMILES string of the molecule is CC(=O)NNC(=O)COC(=O)CCc1nc(-c2ccsc2)no1. The standard InChI is InChI=1S/C13H14N4O5S/c1-8(18)15-16-10(19)6-21-12(20)3-2-11-14-13(17-22-11)9-4-5-23-7-9/h4-5,7H,2-3,6H2,1H3,(H,15,18)(H,16,19). The van der Waals surface area contributed by atoms with E-state index in [0.717, 1.165) is 5.56 Å². The summed E-state index contributed by atoms with van der Waals surface area (Å²) in [6.07, 6.45) is 0.210. The lowest BCUT2D eigenvalue weighted by Crippen LogP contribution is -2.42. The summed E-state index contributed by atoms with van der Waals surface area (Å²) in [5.41, 5.74) is 5.00. The average molecular weight is 338 g/mol. The quantitative estimate of drug-likeness (QED) is 0.578. The molecule has 0 fully saturated rings. The molecule has 0 unspecified atom stereocenters. The summed E-state index contributed by atoms with van der Waals surface area (Å²) in [6.45, 7) is 0.754. The van der Waals surface area contributed by atoms with Gasteiger partial charge in [0, 0.05) is 24.3 Å². The highest BCUT2D eigenvalue weighted by atomic mass is 32.1. The fourth-order valence-corrected chi connectivity index (χ4v) is 2.12. The molecule has 2 aromatic rings. The highest BCUT2D eigenvalue weighted by molar-refractivity contribution is 7.08. The first-order valence-corrected chi connectivity index (χ1v) is 7.55. The Bertz CT molecular complexity index is 682. The minimum atomic E-state index is -0.633. The summed E-state index contributed by atoms with van der Waals surface area (Å²) in [4.78, 5) is 37.5. The second-order valence-electron chi connectivity index (χ2n) is 4.41. The number of aromatic nitrogens is 2. The van der Waals surface area contributed by atoms with Crippen LogP contribution in [0.1, 0.15) is 19.2 Å². The van der Waals surface area contributed by atoms with Gasteiger partial charge in [-0.05, 0) is 11.4 Å². The highest BCUT2D eigenvalue weighted by Gasteiger charge is 2.12. The number of amides is 2. The van der Waals surface area contributed by atoms with Crippen molar-refractivity contribution < 1.29 is 23.6 Å². The molecule has 10 heteroatoms. The number of thiophene rings is 1. The first-order chi connectivity index (χ1) is 11.0. The Labute approximate surface area is 135 Å². The molecule has 0 radical (unpaired) electrons. The maximum atomic E-state index is 11.5. The van der Waals surface area contributed by atoms with Gasteiger partial charge in [0.1, 0.15) is 0 Å². The monoisotopic (exact) mass is 338 g/mol.